The molecule has 1 aromatic heterocycles. The average molecular weight is 394 g/mol. The molecule has 9 heteroatoms. The summed E-state index contributed by atoms with van der Waals surface area (Å²) in [6.45, 7) is 0. The molecule has 0 fully saturated rings. The summed E-state index contributed by atoms with van der Waals surface area (Å²) in [6, 6.07) is 11.6. The van der Waals surface area contributed by atoms with Crippen LogP contribution in [0.5, 0.6) is 5.75 Å². The number of benzene rings is 2. The van der Waals surface area contributed by atoms with Crippen LogP contribution in [0.1, 0.15) is 21.5 Å². The highest BCUT2D eigenvalue weighted by Crippen LogP contribution is 2.27. The molecule has 0 amide bonds. The predicted molar refractivity (Wildman–Crippen MR) is 90.9 cm³/mol. The second-order valence-electron chi connectivity index (χ2n) is 5.89. The van der Waals surface area contributed by atoms with Crippen LogP contribution in [0.2, 0.25) is 0 Å². The molecule has 1 heterocycles. The van der Waals surface area contributed by atoms with Crippen LogP contribution in [0.4, 0.5) is 13.2 Å². The Kier molecular flexibility index (Phi) is 5.10. The van der Waals surface area contributed by atoms with Gasteiger partial charge in [-0.15, -0.1) is 0 Å². The van der Waals surface area contributed by atoms with Crippen molar-refractivity contribution >= 4 is 16.9 Å². The van der Waals surface area contributed by atoms with E-state index in [0.29, 0.717) is 10.9 Å². The molecule has 3 rings (SSSR count). The van der Waals surface area contributed by atoms with Crippen LogP contribution in [0, 0.1) is 0 Å². The van der Waals surface area contributed by atoms with Crippen molar-refractivity contribution in [1.29, 1.82) is 0 Å². The molecular weight excluding hydrogens is 381 g/mol. The summed E-state index contributed by atoms with van der Waals surface area (Å²) < 4.78 is 45.8. The topological polar surface area (TPSA) is 97.0 Å². The van der Waals surface area contributed by atoms with Crippen molar-refractivity contribution in [3.05, 3.63) is 75.6 Å². The van der Waals surface area contributed by atoms with E-state index in [-0.39, 0.29) is 28.9 Å². The van der Waals surface area contributed by atoms with Gasteiger partial charge in [0.15, 0.2) is 0 Å². The van der Waals surface area contributed by atoms with E-state index in [0.717, 1.165) is 0 Å². The van der Waals surface area contributed by atoms with Gasteiger partial charge in [-0.05, 0) is 29.8 Å². The van der Waals surface area contributed by atoms with Crippen molar-refractivity contribution in [2.45, 2.75) is 18.9 Å². The molecule has 146 valence electrons. The van der Waals surface area contributed by atoms with Gasteiger partial charge < -0.3 is 19.4 Å². The second kappa shape index (κ2) is 7.35. The lowest BCUT2D eigenvalue weighted by molar-refractivity contribution is -0.274. The van der Waals surface area contributed by atoms with E-state index >= 15 is 0 Å². The van der Waals surface area contributed by atoms with Crippen molar-refractivity contribution in [1.82, 2.24) is 0 Å². The molecule has 1 atom stereocenters. The predicted octanol–water partition coefficient (Wildman–Crippen LogP) is 3.13. The van der Waals surface area contributed by atoms with Gasteiger partial charge in [0.2, 0.25) is 0 Å². The summed E-state index contributed by atoms with van der Waals surface area (Å²) in [5, 5.41) is 19.5. The smallest absolute Gasteiger partial charge is 0.452 e. The number of fused-ring (bicyclic) bond motifs is 1. The van der Waals surface area contributed by atoms with Gasteiger partial charge in [0.1, 0.15) is 11.3 Å². The molecule has 0 aliphatic heterocycles. The molecule has 0 radical (unpaired) electrons. The van der Waals surface area contributed by atoms with Crippen molar-refractivity contribution in [3.8, 4) is 5.75 Å². The number of aromatic hydroxyl groups is 1. The molecule has 1 unspecified atom stereocenters. The summed E-state index contributed by atoms with van der Waals surface area (Å²) in [4.78, 5) is 23.8. The first-order valence-corrected chi connectivity index (χ1v) is 7.95. The number of carbonyl (C=O) groups is 1. The minimum Gasteiger partial charge on any atom is -0.507 e. The van der Waals surface area contributed by atoms with Crippen LogP contribution in [-0.4, -0.2) is 28.6 Å². The van der Waals surface area contributed by atoms with Crippen LogP contribution in [0.25, 0.3) is 11.0 Å². The van der Waals surface area contributed by atoms with Gasteiger partial charge in [0.25, 0.3) is 6.29 Å². The fourth-order valence-corrected chi connectivity index (χ4v) is 2.53. The normalized spacial score (nSPS) is 12.7. The molecule has 2 N–H and O–H groups in total. The van der Waals surface area contributed by atoms with E-state index in [1.54, 1.807) is 18.2 Å². The van der Waals surface area contributed by atoms with Gasteiger partial charge in [-0.25, -0.2) is 9.59 Å². The van der Waals surface area contributed by atoms with Crippen LogP contribution in [-0.2, 0) is 11.2 Å². The maximum absolute atomic E-state index is 12.2. The first-order chi connectivity index (χ1) is 13.2. The minimum atomic E-state index is -5.09. The van der Waals surface area contributed by atoms with Crippen LogP contribution in [0.15, 0.2) is 57.7 Å². The Morgan fingerprint density at radius 3 is 2.39 bits per heavy atom. The Morgan fingerprint density at radius 1 is 1.11 bits per heavy atom. The second-order valence-corrected chi connectivity index (χ2v) is 5.89. The zero-order valence-electron chi connectivity index (χ0n) is 14.1. The first-order valence-electron chi connectivity index (χ1n) is 7.95. The highest BCUT2D eigenvalue weighted by atomic mass is 19.4. The van der Waals surface area contributed by atoms with Gasteiger partial charge >= 0.3 is 17.8 Å². The standard InChI is InChI=1S/C19H13F3O6/c20-19(21,22)18(26)28-16(24)11-7-5-10(6-8-11)9-13-15(23)12-3-1-2-4-14(12)27-17(13)25/h1-8,18,23,26H,9H2. The highest BCUT2D eigenvalue weighted by molar-refractivity contribution is 5.89. The van der Waals surface area contributed by atoms with Crippen molar-refractivity contribution < 1.29 is 37.3 Å². The average Bonchev–Trinajstić information content (AvgIpc) is 2.64. The van der Waals surface area contributed by atoms with Gasteiger partial charge in [-0.3, -0.25) is 0 Å². The van der Waals surface area contributed by atoms with E-state index in [1.165, 1.54) is 30.3 Å². The van der Waals surface area contributed by atoms with Crippen LogP contribution < -0.4 is 5.63 Å². The third-order valence-corrected chi connectivity index (χ3v) is 3.95. The minimum absolute atomic E-state index is 0.00141. The quantitative estimate of drug-likeness (QED) is 0.401. The monoisotopic (exact) mass is 394 g/mol. The number of halogens is 3. The summed E-state index contributed by atoms with van der Waals surface area (Å²) >= 11 is 0. The molecule has 0 spiro atoms. The Labute approximate surface area is 155 Å². The van der Waals surface area contributed by atoms with E-state index in [9.17, 15) is 27.9 Å². The molecule has 3 aromatic rings. The Hall–Kier alpha value is -3.33. The number of para-hydroxylation sites is 1. The Morgan fingerprint density at radius 2 is 1.75 bits per heavy atom. The first kappa shape index (κ1) is 19.4. The molecular formula is C19H13F3O6. The number of carbonyl (C=O) groups excluding carboxylic acids is 1. The Balaban J connectivity index is 1.81. The third-order valence-electron chi connectivity index (χ3n) is 3.95. The maximum Gasteiger partial charge on any atom is 0.452 e. The number of hydrogen-bond acceptors (Lipinski definition) is 6. The number of aliphatic hydroxyl groups is 1. The molecule has 2 aromatic carbocycles. The highest BCUT2D eigenvalue weighted by Gasteiger charge is 2.41. The van der Waals surface area contributed by atoms with E-state index < -0.39 is 24.1 Å². The lowest BCUT2D eigenvalue weighted by Crippen LogP contribution is -2.33. The molecule has 6 nitrogen and oxygen atoms in total. The van der Waals surface area contributed by atoms with E-state index in [2.05, 4.69) is 4.74 Å². The number of aliphatic hydroxyl groups excluding tert-OH is 1. The summed E-state index contributed by atoms with van der Waals surface area (Å²) in [5.41, 5.74) is -0.225. The molecule has 0 aliphatic rings. The van der Waals surface area contributed by atoms with Crippen LogP contribution >= 0.6 is 0 Å². The van der Waals surface area contributed by atoms with Gasteiger partial charge in [-0.1, -0.05) is 24.3 Å². The fraction of sp³-hybridized carbons (Fsp3) is 0.158. The van der Waals surface area contributed by atoms with Crippen LogP contribution in [0.3, 0.4) is 0 Å². The third kappa shape index (κ3) is 3.99. The van der Waals surface area contributed by atoms with E-state index in [4.69, 9.17) is 9.52 Å². The van der Waals surface area contributed by atoms with Gasteiger partial charge in [-0.2, -0.15) is 13.2 Å². The largest absolute Gasteiger partial charge is 0.507 e. The van der Waals surface area contributed by atoms with Crippen molar-refractivity contribution in [2.75, 3.05) is 0 Å². The summed E-state index contributed by atoms with van der Waals surface area (Å²) in [5.74, 6) is -1.59. The number of hydrogen-bond donors (Lipinski definition) is 2. The zero-order valence-corrected chi connectivity index (χ0v) is 14.1. The number of alkyl halides is 3. The van der Waals surface area contributed by atoms with Crippen molar-refractivity contribution in [3.63, 3.8) is 0 Å². The number of esters is 1. The molecule has 0 aliphatic carbocycles. The SMILES string of the molecule is O=C(OC(O)C(F)(F)F)c1ccc(Cc2c(O)c3ccccc3oc2=O)cc1. The molecule has 0 saturated carbocycles. The maximum atomic E-state index is 12.2. The van der Waals surface area contributed by atoms with E-state index in [1.807, 2.05) is 0 Å². The Bertz CT molecular complexity index is 1070. The van der Waals surface area contributed by atoms with Gasteiger partial charge in [0.05, 0.1) is 16.5 Å². The number of rotatable bonds is 4. The summed E-state index contributed by atoms with van der Waals surface area (Å²) in [7, 11) is 0. The molecule has 28 heavy (non-hydrogen) atoms. The van der Waals surface area contributed by atoms with Gasteiger partial charge in [0, 0.05) is 6.42 Å². The zero-order chi connectivity index (χ0) is 20.5. The lowest BCUT2D eigenvalue weighted by Gasteiger charge is -2.14. The number of ether oxygens (including phenoxy) is 1. The summed E-state index contributed by atoms with van der Waals surface area (Å²) in [6.07, 6.45) is -8.34. The fourth-order valence-electron chi connectivity index (χ4n) is 2.53. The van der Waals surface area contributed by atoms with Crippen molar-refractivity contribution in [2.24, 2.45) is 0 Å². The molecule has 0 bridgehead atoms. The lowest BCUT2D eigenvalue weighted by atomic mass is 10.0. The molecule has 0 saturated heterocycles.